The molecule has 0 fully saturated rings. The van der Waals surface area contributed by atoms with Crippen molar-refractivity contribution in [2.75, 3.05) is 6.61 Å². The summed E-state index contributed by atoms with van der Waals surface area (Å²) in [7, 11) is 0. The Morgan fingerprint density at radius 3 is 2.80 bits per heavy atom. The van der Waals surface area contributed by atoms with Crippen molar-refractivity contribution in [2.45, 2.75) is 13.3 Å². The Hall–Kier alpha value is -1.68. The van der Waals surface area contributed by atoms with Gasteiger partial charge in [0.2, 0.25) is 0 Å². The van der Waals surface area contributed by atoms with Gasteiger partial charge in [0, 0.05) is 16.5 Å². The zero-order chi connectivity index (χ0) is 14.5. The number of benzene rings is 2. The normalized spacial score (nSPS) is 10.3. The molecule has 0 aliphatic carbocycles. The molecule has 104 valence electrons. The predicted octanol–water partition coefficient (Wildman–Crippen LogP) is 4.41. The Kier molecular flexibility index (Phi) is 4.90. The minimum Gasteiger partial charge on any atom is -0.494 e. The third kappa shape index (κ3) is 3.67. The molecule has 0 unspecified atom stereocenters. The highest BCUT2D eigenvalue weighted by molar-refractivity contribution is 9.10. The fourth-order valence-corrected chi connectivity index (χ4v) is 2.29. The molecule has 0 atom stereocenters. The van der Waals surface area contributed by atoms with Crippen LogP contribution in [0, 0.1) is 5.82 Å². The fourth-order valence-electron chi connectivity index (χ4n) is 1.88. The highest BCUT2D eigenvalue weighted by Crippen LogP contribution is 2.19. The maximum absolute atomic E-state index is 13.6. The third-order valence-corrected chi connectivity index (χ3v) is 3.32. The molecule has 2 nitrogen and oxygen atoms in total. The number of Topliss-reactive ketones (excluding diaryl/α,β-unsaturated/α-hetero) is 1. The summed E-state index contributed by atoms with van der Waals surface area (Å²) in [4.78, 5) is 12.2. The van der Waals surface area contributed by atoms with Gasteiger partial charge in [-0.05, 0) is 42.8 Å². The Balaban J connectivity index is 2.19. The standard InChI is InChI=1S/C16H14BrFO2/c1-2-20-14-5-3-4-11(9-14)16(19)10-12-8-13(17)6-7-15(12)18/h3-9H,2,10H2,1H3. The minimum absolute atomic E-state index is 0.0286. The van der Waals surface area contributed by atoms with E-state index in [0.29, 0.717) is 23.5 Å². The second-order valence-corrected chi connectivity index (χ2v) is 5.21. The van der Waals surface area contributed by atoms with Crippen LogP contribution in [-0.2, 0) is 6.42 Å². The van der Waals surface area contributed by atoms with Crippen LogP contribution in [0.3, 0.4) is 0 Å². The maximum atomic E-state index is 13.6. The van der Waals surface area contributed by atoms with Gasteiger partial charge in [-0.25, -0.2) is 4.39 Å². The largest absolute Gasteiger partial charge is 0.494 e. The molecule has 0 aliphatic rings. The average molecular weight is 337 g/mol. The lowest BCUT2D eigenvalue weighted by Gasteiger charge is -2.06. The van der Waals surface area contributed by atoms with Gasteiger partial charge in [0.05, 0.1) is 6.61 Å². The van der Waals surface area contributed by atoms with Gasteiger partial charge in [0.1, 0.15) is 11.6 Å². The summed E-state index contributed by atoms with van der Waals surface area (Å²) < 4.78 is 19.8. The van der Waals surface area contributed by atoms with Crippen molar-refractivity contribution in [3.8, 4) is 5.75 Å². The number of carbonyl (C=O) groups is 1. The molecule has 0 heterocycles. The lowest BCUT2D eigenvalue weighted by molar-refractivity contribution is 0.0991. The molecule has 2 rings (SSSR count). The van der Waals surface area contributed by atoms with Gasteiger partial charge in [-0.3, -0.25) is 4.79 Å². The van der Waals surface area contributed by atoms with Gasteiger partial charge in [-0.1, -0.05) is 28.1 Å². The molecule has 20 heavy (non-hydrogen) atoms. The van der Waals surface area contributed by atoms with Crippen LogP contribution < -0.4 is 4.74 Å². The van der Waals surface area contributed by atoms with E-state index in [4.69, 9.17) is 4.74 Å². The van der Waals surface area contributed by atoms with E-state index in [2.05, 4.69) is 15.9 Å². The zero-order valence-electron chi connectivity index (χ0n) is 11.0. The highest BCUT2D eigenvalue weighted by Gasteiger charge is 2.11. The van der Waals surface area contributed by atoms with E-state index in [1.54, 1.807) is 36.4 Å². The van der Waals surface area contributed by atoms with Gasteiger partial charge in [0.25, 0.3) is 0 Å². The topological polar surface area (TPSA) is 26.3 Å². The molecule has 2 aromatic carbocycles. The summed E-state index contributed by atoms with van der Waals surface area (Å²) in [6, 6.07) is 11.5. The summed E-state index contributed by atoms with van der Waals surface area (Å²) in [6.07, 6.45) is 0.0286. The quantitative estimate of drug-likeness (QED) is 0.756. The van der Waals surface area contributed by atoms with E-state index in [1.165, 1.54) is 6.07 Å². The first kappa shape index (κ1) is 14.7. The van der Waals surface area contributed by atoms with Crippen LogP contribution in [0.15, 0.2) is 46.9 Å². The van der Waals surface area contributed by atoms with E-state index >= 15 is 0 Å². The van der Waals surface area contributed by atoms with Crippen LogP contribution in [0.5, 0.6) is 5.75 Å². The first-order chi connectivity index (χ1) is 9.60. The molecule has 0 N–H and O–H groups in total. The second-order valence-electron chi connectivity index (χ2n) is 4.30. The van der Waals surface area contributed by atoms with Crippen LogP contribution in [0.1, 0.15) is 22.8 Å². The molecule has 0 aromatic heterocycles. The number of carbonyl (C=O) groups excluding carboxylic acids is 1. The predicted molar refractivity (Wildman–Crippen MR) is 79.7 cm³/mol. The highest BCUT2D eigenvalue weighted by atomic mass is 79.9. The summed E-state index contributed by atoms with van der Waals surface area (Å²) in [5, 5.41) is 0. The molecular weight excluding hydrogens is 323 g/mol. The summed E-state index contributed by atoms with van der Waals surface area (Å²) in [5.41, 5.74) is 0.904. The first-order valence-corrected chi connectivity index (χ1v) is 7.09. The van der Waals surface area contributed by atoms with E-state index in [1.807, 2.05) is 6.92 Å². The van der Waals surface area contributed by atoms with Crippen molar-refractivity contribution in [3.63, 3.8) is 0 Å². The minimum atomic E-state index is -0.373. The SMILES string of the molecule is CCOc1cccc(C(=O)Cc2cc(Br)ccc2F)c1. The molecule has 0 radical (unpaired) electrons. The van der Waals surface area contributed by atoms with Crippen LogP contribution in [0.2, 0.25) is 0 Å². The molecule has 0 spiro atoms. The molecule has 4 heteroatoms. The number of rotatable bonds is 5. The van der Waals surface area contributed by atoms with Crippen LogP contribution in [-0.4, -0.2) is 12.4 Å². The number of halogens is 2. The smallest absolute Gasteiger partial charge is 0.167 e. The van der Waals surface area contributed by atoms with Gasteiger partial charge in [-0.15, -0.1) is 0 Å². The second kappa shape index (κ2) is 6.66. The summed E-state index contributed by atoms with van der Waals surface area (Å²) >= 11 is 3.28. The molecule has 0 saturated carbocycles. The first-order valence-electron chi connectivity index (χ1n) is 6.30. The Morgan fingerprint density at radius 2 is 2.05 bits per heavy atom. The lowest BCUT2D eigenvalue weighted by Crippen LogP contribution is -2.05. The van der Waals surface area contributed by atoms with Crippen molar-refractivity contribution in [3.05, 3.63) is 63.9 Å². The van der Waals surface area contributed by atoms with Crippen molar-refractivity contribution in [2.24, 2.45) is 0 Å². The van der Waals surface area contributed by atoms with Crippen LogP contribution in [0.4, 0.5) is 4.39 Å². The average Bonchev–Trinajstić information content (AvgIpc) is 2.43. The van der Waals surface area contributed by atoms with Gasteiger partial charge in [-0.2, -0.15) is 0 Å². The van der Waals surface area contributed by atoms with Crippen molar-refractivity contribution < 1.29 is 13.9 Å². The zero-order valence-corrected chi connectivity index (χ0v) is 12.6. The molecule has 2 aromatic rings. The Labute approximate surface area is 125 Å². The Bertz CT molecular complexity index is 626. The maximum Gasteiger partial charge on any atom is 0.167 e. The van der Waals surface area contributed by atoms with E-state index in [9.17, 15) is 9.18 Å². The summed E-state index contributed by atoms with van der Waals surface area (Å²) in [6.45, 7) is 2.42. The lowest BCUT2D eigenvalue weighted by atomic mass is 10.0. The number of ketones is 1. The van der Waals surface area contributed by atoms with Gasteiger partial charge >= 0.3 is 0 Å². The molecule has 0 amide bonds. The molecular formula is C16H14BrFO2. The van der Waals surface area contributed by atoms with Gasteiger partial charge < -0.3 is 4.74 Å². The fraction of sp³-hybridized carbons (Fsp3) is 0.188. The van der Waals surface area contributed by atoms with Crippen LogP contribution >= 0.6 is 15.9 Å². The number of hydrogen-bond donors (Lipinski definition) is 0. The van der Waals surface area contributed by atoms with Crippen LogP contribution in [0.25, 0.3) is 0 Å². The van der Waals surface area contributed by atoms with E-state index in [-0.39, 0.29) is 18.0 Å². The van der Waals surface area contributed by atoms with E-state index < -0.39 is 0 Å². The van der Waals surface area contributed by atoms with Crippen molar-refractivity contribution >= 4 is 21.7 Å². The molecule has 0 saturated heterocycles. The third-order valence-electron chi connectivity index (χ3n) is 2.83. The molecule has 0 bridgehead atoms. The number of ether oxygens (including phenoxy) is 1. The van der Waals surface area contributed by atoms with Crippen molar-refractivity contribution in [1.82, 2.24) is 0 Å². The van der Waals surface area contributed by atoms with Crippen molar-refractivity contribution in [1.29, 1.82) is 0 Å². The molecule has 0 aliphatic heterocycles. The van der Waals surface area contributed by atoms with Gasteiger partial charge in [0.15, 0.2) is 5.78 Å². The van der Waals surface area contributed by atoms with E-state index in [0.717, 1.165) is 4.47 Å². The Morgan fingerprint density at radius 1 is 1.25 bits per heavy atom. The summed E-state index contributed by atoms with van der Waals surface area (Å²) in [5.74, 6) is 0.138. The monoisotopic (exact) mass is 336 g/mol. The number of hydrogen-bond acceptors (Lipinski definition) is 2.